The zero-order valence-corrected chi connectivity index (χ0v) is 19.6. The first-order valence-electron chi connectivity index (χ1n) is 10.6. The van der Waals surface area contributed by atoms with Gasteiger partial charge in [0, 0.05) is 24.5 Å². The number of carbonyl (C=O) groups excluding carboxylic acids is 2. The lowest BCUT2D eigenvalue weighted by Crippen LogP contribution is -2.35. The first kappa shape index (κ1) is 23.8. The number of amides is 1. The fourth-order valence-electron chi connectivity index (χ4n) is 3.89. The molecule has 3 rings (SSSR count). The second kappa shape index (κ2) is 9.74. The summed E-state index contributed by atoms with van der Waals surface area (Å²) >= 11 is 0. The molecule has 1 aliphatic rings. The summed E-state index contributed by atoms with van der Waals surface area (Å²) in [5.74, 6) is -0.781. The van der Waals surface area contributed by atoms with Gasteiger partial charge in [-0.1, -0.05) is 6.42 Å². The van der Waals surface area contributed by atoms with E-state index in [1.165, 1.54) is 23.5 Å². The molecule has 0 aliphatic carbocycles. The maximum atomic E-state index is 13.2. The third-order valence-corrected chi connectivity index (χ3v) is 7.42. The number of nitrogens with zero attached hydrogens (tertiary/aromatic N) is 1. The van der Waals surface area contributed by atoms with E-state index in [1.54, 1.807) is 26.8 Å². The highest BCUT2D eigenvalue weighted by Gasteiger charge is 2.30. The lowest BCUT2D eigenvalue weighted by atomic mass is 10.1. The van der Waals surface area contributed by atoms with E-state index in [2.05, 4.69) is 10.3 Å². The number of rotatable bonds is 7. The number of anilines is 1. The lowest BCUT2D eigenvalue weighted by Gasteiger charge is -2.26. The molecule has 0 atom stereocenters. The van der Waals surface area contributed by atoms with Gasteiger partial charge >= 0.3 is 5.97 Å². The largest absolute Gasteiger partial charge is 0.495 e. The molecule has 1 amide bonds. The number of carbonyl (C=O) groups is 2. The number of piperidine rings is 1. The normalized spacial score (nSPS) is 14.8. The summed E-state index contributed by atoms with van der Waals surface area (Å²) in [7, 11) is -2.36. The van der Waals surface area contributed by atoms with Crippen molar-refractivity contribution >= 4 is 27.6 Å². The highest BCUT2D eigenvalue weighted by molar-refractivity contribution is 7.89. The van der Waals surface area contributed by atoms with Gasteiger partial charge in [-0.15, -0.1) is 0 Å². The van der Waals surface area contributed by atoms with Gasteiger partial charge in [0.05, 0.1) is 19.3 Å². The number of methoxy groups -OCH3 is 1. The Kier molecular flexibility index (Phi) is 7.25. The van der Waals surface area contributed by atoms with Gasteiger partial charge in [0.25, 0.3) is 5.91 Å². The topological polar surface area (TPSA) is 118 Å². The van der Waals surface area contributed by atoms with Crippen LogP contribution in [-0.4, -0.2) is 56.4 Å². The van der Waals surface area contributed by atoms with E-state index in [0.29, 0.717) is 35.6 Å². The van der Waals surface area contributed by atoms with Crippen LogP contribution in [0.2, 0.25) is 0 Å². The van der Waals surface area contributed by atoms with Crippen LogP contribution in [0.3, 0.4) is 0 Å². The van der Waals surface area contributed by atoms with Crippen LogP contribution in [0.5, 0.6) is 5.75 Å². The molecule has 1 aromatic heterocycles. The quantitative estimate of drug-likeness (QED) is 0.609. The molecule has 10 heteroatoms. The second-order valence-electron chi connectivity index (χ2n) is 7.63. The third-order valence-electron chi connectivity index (χ3n) is 5.50. The van der Waals surface area contributed by atoms with Crippen LogP contribution >= 0.6 is 0 Å². The molecule has 9 nitrogen and oxygen atoms in total. The predicted molar refractivity (Wildman–Crippen MR) is 120 cm³/mol. The molecule has 0 unspecified atom stereocenters. The zero-order valence-electron chi connectivity index (χ0n) is 18.8. The summed E-state index contributed by atoms with van der Waals surface area (Å²) in [6, 6.07) is 4.51. The first-order chi connectivity index (χ1) is 15.2. The maximum absolute atomic E-state index is 13.2. The van der Waals surface area contributed by atoms with E-state index in [1.807, 2.05) is 0 Å². The smallest absolute Gasteiger partial charge is 0.355 e. The molecule has 0 bridgehead atoms. The summed E-state index contributed by atoms with van der Waals surface area (Å²) < 4.78 is 38.2. The molecule has 1 fully saturated rings. The summed E-state index contributed by atoms with van der Waals surface area (Å²) in [4.78, 5) is 28.0. The van der Waals surface area contributed by atoms with E-state index in [9.17, 15) is 18.0 Å². The van der Waals surface area contributed by atoms with Gasteiger partial charge in [-0.05, 0) is 57.4 Å². The minimum Gasteiger partial charge on any atom is -0.495 e. The van der Waals surface area contributed by atoms with Gasteiger partial charge in [-0.2, -0.15) is 4.31 Å². The molecule has 2 aromatic rings. The number of aromatic nitrogens is 1. The molecule has 32 heavy (non-hydrogen) atoms. The number of hydrogen-bond acceptors (Lipinski definition) is 6. The summed E-state index contributed by atoms with van der Waals surface area (Å²) in [6.45, 7) is 6.19. The Balaban J connectivity index is 1.91. The number of H-pyrrole nitrogens is 1. The van der Waals surface area contributed by atoms with Crippen molar-refractivity contribution in [3.63, 3.8) is 0 Å². The third kappa shape index (κ3) is 4.66. The SMILES string of the molecule is CCOC(=O)c1[nH]c(C)c(C(=O)Nc2ccc(OC)c(S(=O)(=O)N3CCCCC3)c2)c1C. The number of nitrogens with one attached hydrogen (secondary N) is 2. The lowest BCUT2D eigenvalue weighted by molar-refractivity contribution is 0.0519. The van der Waals surface area contributed by atoms with Gasteiger partial charge in [-0.3, -0.25) is 4.79 Å². The van der Waals surface area contributed by atoms with Gasteiger partial charge in [0.1, 0.15) is 16.3 Å². The van der Waals surface area contributed by atoms with Crippen LogP contribution in [0.25, 0.3) is 0 Å². The van der Waals surface area contributed by atoms with Crippen LogP contribution in [0.4, 0.5) is 5.69 Å². The van der Waals surface area contributed by atoms with Crippen LogP contribution < -0.4 is 10.1 Å². The summed E-state index contributed by atoms with van der Waals surface area (Å²) in [5.41, 5.74) is 1.82. The number of aryl methyl sites for hydroxylation is 1. The predicted octanol–water partition coefficient (Wildman–Crippen LogP) is 3.24. The van der Waals surface area contributed by atoms with Crippen molar-refractivity contribution in [1.82, 2.24) is 9.29 Å². The number of sulfonamides is 1. The van der Waals surface area contributed by atoms with Crippen molar-refractivity contribution < 1.29 is 27.5 Å². The summed E-state index contributed by atoms with van der Waals surface area (Å²) in [6.07, 6.45) is 2.63. The number of hydrogen-bond donors (Lipinski definition) is 2. The molecule has 1 aromatic carbocycles. The highest BCUT2D eigenvalue weighted by Crippen LogP contribution is 2.31. The standard InChI is InChI=1S/C22H29N3O6S/c1-5-31-22(27)20-14(2)19(15(3)23-20)21(26)24-16-9-10-17(30-4)18(13-16)32(28,29)25-11-7-6-8-12-25/h9-10,13,23H,5-8,11-12H2,1-4H3,(H,24,26). The summed E-state index contributed by atoms with van der Waals surface area (Å²) in [5, 5.41) is 2.74. The zero-order chi connectivity index (χ0) is 23.5. The number of benzene rings is 1. The van der Waals surface area contributed by atoms with Gasteiger partial charge in [-0.25, -0.2) is 13.2 Å². The van der Waals surface area contributed by atoms with Crippen LogP contribution in [-0.2, 0) is 14.8 Å². The maximum Gasteiger partial charge on any atom is 0.355 e. The van der Waals surface area contributed by atoms with Crippen LogP contribution in [0.15, 0.2) is 23.1 Å². The number of aromatic amines is 1. The number of esters is 1. The van der Waals surface area contributed by atoms with Crippen LogP contribution in [0.1, 0.15) is 58.3 Å². The van der Waals surface area contributed by atoms with Gasteiger partial charge in [0.2, 0.25) is 10.0 Å². The fourth-order valence-corrected chi connectivity index (χ4v) is 5.59. The van der Waals surface area contributed by atoms with E-state index >= 15 is 0 Å². The Hall–Kier alpha value is -2.85. The molecule has 1 saturated heterocycles. The molecule has 0 saturated carbocycles. The molecular weight excluding hydrogens is 434 g/mol. The van der Waals surface area contributed by atoms with Crippen molar-refractivity contribution in [3.05, 3.63) is 40.7 Å². The van der Waals surface area contributed by atoms with Gasteiger partial charge in [0.15, 0.2) is 0 Å². The van der Waals surface area contributed by atoms with Crippen molar-refractivity contribution in [2.45, 2.75) is 44.9 Å². The Morgan fingerprint density at radius 1 is 1.16 bits per heavy atom. The molecule has 1 aliphatic heterocycles. The Morgan fingerprint density at radius 3 is 2.47 bits per heavy atom. The van der Waals surface area contributed by atoms with E-state index in [-0.39, 0.29) is 22.9 Å². The minimum atomic E-state index is -3.77. The molecule has 2 N–H and O–H groups in total. The fraction of sp³-hybridized carbons (Fsp3) is 0.455. The molecule has 174 valence electrons. The van der Waals surface area contributed by atoms with E-state index in [0.717, 1.165) is 19.3 Å². The van der Waals surface area contributed by atoms with Crippen molar-refractivity contribution in [2.75, 3.05) is 32.1 Å². The van der Waals surface area contributed by atoms with E-state index < -0.39 is 21.9 Å². The minimum absolute atomic E-state index is 0.00873. The first-order valence-corrected chi connectivity index (χ1v) is 12.0. The molecule has 0 spiro atoms. The van der Waals surface area contributed by atoms with Crippen molar-refractivity contribution in [3.8, 4) is 5.75 Å². The molecule has 2 heterocycles. The second-order valence-corrected chi connectivity index (χ2v) is 9.54. The molecule has 0 radical (unpaired) electrons. The van der Waals surface area contributed by atoms with Gasteiger partial charge < -0.3 is 19.8 Å². The Bertz CT molecular complexity index is 1120. The van der Waals surface area contributed by atoms with Crippen LogP contribution in [0, 0.1) is 13.8 Å². The highest BCUT2D eigenvalue weighted by atomic mass is 32.2. The van der Waals surface area contributed by atoms with Crippen molar-refractivity contribution in [2.24, 2.45) is 0 Å². The van der Waals surface area contributed by atoms with Crippen molar-refractivity contribution in [1.29, 1.82) is 0 Å². The Labute approximate surface area is 188 Å². The monoisotopic (exact) mass is 463 g/mol. The Morgan fingerprint density at radius 2 is 1.84 bits per heavy atom. The molecular formula is C22H29N3O6S. The number of ether oxygens (including phenoxy) is 2. The average Bonchev–Trinajstić information content (AvgIpc) is 3.08. The average molecular weight is 464 g/mol. The van der Waals surface area contributed by atoms with E-state index in [4.69, 9.17) is 9.47 Å².